The molecule has 35 heavy (non-hydrogen) atoms. The number of hydrogen-bond donors (Lipinski definition) is 1. The van der Waals surface area contributed by atoms with Gasteiger partial charge in [-0.1, -0.05) is 6.92 Å². The Bertz CT molecular complexity index is 1390. The lowest BCUT2D eigenvalue weighted by molar-refractivity contribution is -0.0336. The molecule has 2 aliphatic heterocycles. The highest BCUT2D eigenvalue weighted by Gasteiger charge is 2.64. The van der Waals surface area contributed by atoms with Gasteiger partial charge >= 0.3 is 0 Å². The summed E-state index contributed by atoms with van der Waals surface area (Å²) in [7, 11) is 0. The summed E-state index contributed by atoms with van der Waals surface area (Å²) >= 11 is 0. The molecule has 0 unspecified atom stereocenters. The summed E-state index contributed by atoms with van der Waals surface area (Å²) in [5.41, 5.74) is 0.0182. The molecular weight excluding hydrogens is 451 g/mol. The molecular formula is C26H29FN4O4. The normalized spacial score (nSPS) is 28.8. The van der Waals surface area contributed by atoms with Crippen LogP contribution in [0.4, 0.5) is 10.1 Å². The average Bonchev–Trinajstić information content (AvgIpc) is 3.16. The summed E-state index contributed by atoms with van der Waals surface area (Å²) < 4.78 is 28.6. The zero-order chi connectivity index (χ0) is 24.5. The third-order valence-electron chi connectivity index (χ3n) is 7.54. The minimum absolute atomic E-state index is 0.162. The Morgan fingerprint density at radius 3 is 2.80 bits per heavy atom. The molecule has 1 N–H and O–H groups in total. The van der Waals surface area contributed by atoms with Gasteiger partial charge < -0.3 is 19.4 Å². The van der Waals surface area contributed by atoms with Crippen molar-refractivity contribution in [1.82, 2.24) is 14.3 Å². The van der Waals surface area contributed by atoms with Gasteiger partial charge in [-0.05, 0) is 44.4 Å². The van der Waals surface area contributed by atoms with Crippen LogP contribution in [0.3, 0.4) is 0 Å². The Labute approximate surface area is 202 Å². The van der Waals surface area contributed by atoms with E-state index in [4.69, 9.17) is 14.6 Å². The van der Waals surface area contributed by atoms with Crippen molar-refractivity contribution in [3.63, 3.8) is 0 Å². The Kier molecular flexibility index (Phi) is 4.87. The first-order valence-corrected chi connectivity index (χ1v) is 12.2. The zero-order valence-electron chi connectivity index (χ0n) is 20.1. The van der Waals surface area contributed by atoms with Gasteiger partial charge in [0.25, 0.3) is 11.5 Å². The number of anilines is 1. The summed E-state index contributed by atoms with van der Waals surface area (Å²) in [6.07, 6.45) is 5.63. The van der Waals surface area contributed by atoms with E-state index in [0.717, 1.165) is 11.8 Å². The van der Waals surface area contributed by atoms with E-state index in [1.54, 1.807) is 35.0 Å². The molecule has 2 aromatic heterocycles. The Hall–Kier alpha value is -3.20. The van der Waals surface area contributed by atoms with Gasteiger partial charge in [0, 0.05) is 42.7 Å². The van der Waals surface area contributed by atoms with Crippen LogP contribution in [-0.4, -0.2) is 45.2 Å². The number of carbonyl (C=O) groups excluding carboxylic acids is 1. The molecule has 2 aliphatic carbocycles. The van der Waals surface area contributed by atoms with Crippen LogP contribution in [-0.2, 0) is 10.3 Å². The smallest absolute Gasteiger partial charge is 0.274 e. The molecule has 0 spiro atoms. The molecule has 9 heteroatoms. The maximum Gasteiger partial charge on any atom is 0.274 e. The average molecular weight is 481 g/mol. The number of carbonyl (C=O) groups is 1. The van der Waals surface area contributed by atoms with Gasteiger partial charge in [-0.2, -0.15) is 5.10 Å². The SMILES string of the molecule is CC(C)Oc1cc2nn(C34COC(CF)(C3)C4)cc2cc1C(=O)Nc1cccn([C@@H]2C[C@H]2C)c1=O. The van der Waals surface area contributed by atoms with E-state index in [1.165, 1.54) is 0 Å². The van der Waals surface area contributed by atoms with Crippen LogP contribution in [0, 0.1) is 5.92 Å². The number of pyridine rings is 1. The van der Waals surface area contributed by atoms with E-state index in [2.05, 4.69) is 12.2 Å². The first-order valence-electron chi connectivity index (χ1n) is 12.2. The molecule has 4 heterocycles. The van der Waals surface area contributed by atoms with Crippen LogP contribution in [0.25, 0.3) is 10.9 Å². The van der Waals surface area contributed by atoms with Crippen molar-refractivity contribution in [3.05, 3.63) is 52.6 Å². The van der Waals surface area contributed by atoms with E-state index < -0.39 is 18.2 Å². The number of rotatable bonds is 7. The summed E-state index contributed by atoms with van der Waals surface area (Å²) in [5, 5.41) is 8.29. The molecule has 3 aromatic rings. The molecule has 8 nitrogen and oxygen atoms in total. The minimum atomic E-state index is -0.671. The lowest BCUT2D eigenvalue weighted by atomic mass is 9.69. The lowest BCUT2D eigenvalue weighted by Crippen LogP contribution is -2.52. The van der Waals surface area contributed by atoms with Gasteiger partial charge in [-0.15, -0.1) is 0 Å². The van der Waals surface area contributed by atoms with Crippen molar-refractivity contribution in [1.29, 1.82) is 0 Å². The second-order valence-electron chi connectivity index (χ2n) is 10.7. The number of halogens is 1. The second kappa shape index (κ2) is 7.65. The fourth-order valence-corrected chi connectivity index (χ4v) is 5.57. The number of fused-ring (bicyclic) bond motifs is 2. The second-order valence-corrected chi connectivity index (χ2v) is 10.7. The predicted octanol–water partition coefficient (Wildman–Crippen LogP) is 4.05. The quantitative estimate of drug-likeness (QED) is 0.551. The molecule has 1 amide bonds. The van der Waals surface area contributed by atoms with Gasteiger partial charge in [-0.3, -0.25) is 14.3 Å². The molecule has 2 saturated heterocycles. The third-order valence-corrected chi connectivity index (χ3v) is 7.54. The van der Waals surface area contributed by atoms with Crippen molar-refractivity contribution >= 4 is 22.5 Å². The van der Waals surface area contributed by atoms with Crippen LogP contribution in [0.2, 0.25) is 0 Å². The highest BCUT2D eigenvalue weighted by atomic mass is 19.1. The number of nitrogens with one attached hydrogen (secondary N) is 1. The fourth-order valence-electron chi connectivity index (χ4n) is 5.57. The van der Waals surface area contributed by atoms with Crippen molar-refractivity contribution in [2.24, 2.45) is 5.92 Å². The van der Waals surface area contributed by atoms with Crippen LogP contribution in [0.1, 0.15) is 56.4 Å². The number of hydrogen-bond acceptors (Lipinski definition) is 5. The summed E-state index contributed by atoms with van der Waals surface area (Å²) in [6.45, 7) is 5.81. The van der Waals surface area contributed by atoms with Crippen molar-refractivity contribution < 1.29 is 18.7 Å². The van der Waals surface area contributed by atoms with Crippen molar-refractivity contribution in [3.8, 4) is 5.75 Å². The first kappa shape index (κ1) is 22.3. The van der Waals surface area contributed by atoms with Gasteiger partial charge in [0.15, 0.2) is 0 Å². The van der Waals surface area contributed by atoms with E-state index in [9.17, 15) is 14.0 Å². The van der Waals surface area contributed by atoms with E-state index in [0.29, 0.717) is 42.2 Å². The van der Waals surface area contributed by atoms with E-state index in [1.807, 2.05) is 24.7 Å². The fraction of sp³-hybridized carbons (Fsp3) is 0.500. The van der Waals surface area contributed by atoms with Crippen molar-refractivity contribution in [2.75, 3.05) is 18.6 Å². The first-order chi connectivity index (χ1) is 16.7. The number of nitrogens with zero attached hydrogens (tertiary/aromatic N) is 3. The van der Waals surface area contributed by atoms with Crippen molar-refractivity contribution in [2.45, 2.75) is 63.3 Å². The summed E-state index contributed by atoms with van der Waals surface area (Å²) in [5.74, 6) is 0.435. The molecule has 2 saturated carbocycles. The zero-order valence-corrected chi connectivity index (χ0v) is 20.1. The van der Waals surface area contributed by atoms with Gasteiger partial charge in [-0.25, -0.2) is 4.39 Å². The topological polar surface area (TPSA) is 87.4 Å². The molecule has 1 aromatic carbocycles. The highest BCUT2D eigenvalue weighted by molar-refractivity contribution is 6.08. The number of ether oxygens (including phenoxy) is 2. The maximum atomic E-state index is 13.4. The Morgan fingerprint density at radius 2 is 2.14 bits per heavy atom. The number of amides is 1. The van der Waals surface area contributed by atoms with Gasteiger partial charge in [0.2, 0.25) is 0 Å². The van der Waals surface area contributed by atoms with Gasteiger partial charge in [0.1, 0.15) is 23.7 Å². The molecule has 7 rings (SSSR count). The van der Waals surface area contributed by atoms with Crippen LogP contribution in [0.15, 0.2) is 41.5 Å². The molecule has 4 fully saturated rings. The molecule has 184 valence electrons. The highest BCUT2D eigenvalue weighted by Crippen LogP contribution is 2.56. The predicted molar refractivity (Wildman–Crippen MR) is 129 cm³/mol. The third kappa shape index (κ3) is 3.55. The van der Waals surface area contributed by atoms with Crippen LogP contribution in [0.5, 0.6) is 5.75 Å². The minimum Gasteiger partial charge on any atom is -0.490 e. The van der Waals surface area contributed by atoms with Crippen LogP contribution < -0.4 is 15.6 Å². The lowest BCUT2D eigenvalue weighted by Gasteiger charge is -2.42. The van der Waals surface area contributed by atoms with Gasteiger partial charge in [0.05, 0.1) is 29.3 Å². The maximum absolute atomic E-state index is 13.4. The summed E-state index contributed by atoms with van der Waals surface area (Å²) in [6, 6.07) is 7.08. The number of aromatic nitrogens is 3. The largest absolute Gasteiger partial charge is 0.490 e. The molecule has 2 bridgehead atoms. The summed E-state index contributed by atoms with van der Waals surface area (Å²) in [4.78, 5) is 26.3. The number of alkyl halides is 1. The number of benzene rings is 1. The Morgan fingerprint density at radius 1 is 1.37 bits per heavy atom. The molecule has 2 atom stereocenters. The van der Waals surface area contributed by atoms with E-state index in [-0.39, 0.29) is 28.9 Å². The van der Waals surface area contributed by atoms with Crippen LogP contribution >= 0.6 is 0 Å². The molecule has 0 radical (unpaired) electrons. The Balaban J connectivity index is 1.34. The van der Waals surface area contributed by atoms with E-state index >= 15 is 0 Å². The standard InChI is InChI=1S/C26H29FN4O4/c1-15(2)35-22-9-20-17(10-31(29-20)25-11-26(12-25,13-27)34-14-25)8-18(22)23(32)28-19-5-4-6-30(24(19)33)21-7-16(21)3/h4-6,8-10,15-16,21H,7,11-14H2,1-3H3,(H,28,32)/t16-,21-,25?,26?/m1/s1. The monoisotopic (exact) mass is 480 g/mol. The molecule has 4 aliphatic rings.